The third-order valence-corrected chi connectivity index (χ3v) is 3.75. The lowest BCUT2D eigenvalue weighted by Crippen LogP contribution is -2.11. The van der Waals surface area contributed by atoms with Crippen LogP contribution in [0.1, 0.15) is 5.56 Å². The summed E-state index contributed by atoms with van der Waals surface area (Å²) in [5.74, 6) is 0. The second kappa shape index (κ2) is 5.36. The molecule has 2 nitrogen and oxygen atoms in total. The Morgan fingerprint density at radius 2 is 1.72 bits per heavy atom. The van der Waals surface area contributed by atoms with E-state index in [-0.39, 0.29) is 0 Å². The van der Waals surface area contributed by atoms with Crippen LogP contribution >= 0.6 is 11.8 Å². The van der Waals surface area contributed by atoms with E-state index >= 15 is 0 Å². The number of rotatable bonds is 3. The van der Waals surface area contributed by atoms with Crippen molar-refractivity contribution in [2.24, 2.45) is 0 Å². The molecule has 0 saturated carbocycles. The Hall–Kier alpha value is -1.61. The molecule has 0 radical (unpaired) electrons. The first kappa shape index (κ1) is 12.8. The van der Waals surface area contributed by atoms with Crippen LogP contribution < -0.4 is 10.6 Å². The molecule has 0 heterocycles. The molecule has 2 aromatic carbocycles. The fourth-order valence-electron chi connectivity index (χ4n) is 1.92. The van der Waals surface area contributed by atoms with Crippen LogP contribution in [0, 0.1) is 6.92 Å². The topological polar surface area (TPSA) is 29.3 Å². The summed E-state index contributed by atoms with van der Waals surface area (Å²) >= 11 is 1.75. The van der Waals surface area contributed by atoms with Gasteiger partial charge in [-0.2, -0.15) is 0 Å². The van der Waals surface area contributed by atoms with Crippen LogP contribution in [0.15, 0.2) is 47.4 Å². The average Bonchev–Trinajstić information content (AvgIpc) is 2.38. The van der Waals surface area contributed by atoms with Crippen LogP contribution in [0.4, 0.5) is 17.1 Å². The summed E-state index contributed by atoms with van der Waals surface area (Å²) in [6.45, 7) is 2.05. The van der Waals surface area contributed by atoms with Crippen molar-refractivity contribution in [2.75, 3.05) is 23.9 Å². The zero-order chi connectivity index (χ0) is 13.1. The van der Waals surface area contributed by atoms with Gasteiger partial charge in [0, 0.05) is 17.6 Å². The van der Waals surface area contributed by atoms with E-state index in [2.05, 4.69) is 47.6 Å². The molecule has 0 aliphatic rings. The van der Waals surface area contributed by atoms with E-state index in [1.165, 1.54) is 10.5 Å². The molecule has 0 aliphatic heterocycles. The second-order valence-corrected chi connectivity index (χ2v) is 5.20. The van der Waals surface area contributed by atoms with E-state index < -0.39 is 0 Å². The summed E-state index contributed by atoms with van der Waals surface area (Å²) in [5.41, 5.74) is 10.2. The van der Waals surface area contributed by atoms with Crippen LogP contribution in [-0.4, -0.2) is 13.3 Å². The van der Waals surface area contributed by atoms with Gasteiger partial charge in [0.1, 0.15) is 0 Å². The fourth-order valence-corrected chi connectivity index (χ4v) is 2.33. The van der Waals surface area contributed by atoms with Crippen molar-refractivity contribution in [2.45, 2.75) is 11.8 Å². The summed E-state index contributed by atoms with van der Waals surface area (Å²) in [6, 6.07) is 14.6. The summed E-state index contributed by atoms with van der Waals surface area (Å²) < 4.78 is 0. The van der Waals surface area contributed by atoms with E-state index in [0.717, 1.165) is 17.1 Å². The number of hydrogen-bond acceptors (Lipinski definition) is 3. The third kappa shape index (κ3) is 2.62. The van der Waals surface area contributed by atoms with Gasteiger partial charge in [0.25, 0.3) is 0 Å². The van der Waals surface area contributed by atoms with Gasteiger partial charge in [0.2, 0.25) is 0 Å². The standard InChI is InChI=1S/C15H18N2S/c1-11-4-9-15(14(16)10-11)17(2)12-5-7-13(18-3)8-6-12/h4-10H,16H2,1-3H3. The highest BCUT2D eigenvalue weighted by Gasteiger charge is 2.07. The highest BCUT2D eigenvalue weighted by atomic mass is 32.2. The van der Waals surface area contributed by atoms with Gasteiger partial charge in [-0.1, -0.05) is 6.07 Å². The van der Waals surface area contributed by atoms with Crippen molar-refractivity contribution < 1.29 is 0 Å². The first-order valence-corrected chi connectivity index (χ1v) is 7.08. The van der Waals surface area contributed by atoms with Crippen LogP contribution in [-0.2, 0) is 0 Å². The van der Waals surface area contributed by atoms with Gasteiger partial charge in [-0.15, -0.1) is 11.8 Å². The summed E-state index contributed by atoms with van der Waals surface area (Å²) in [7, 11) is 2.04. The number of benzene rings is 2. The van der Waals surface area contributed by atoms with Gasteiger partial charge in [-0.05, 0) is 55.1 Å². The molecule has 0 unspecified atom stereocenters. The molecule has 18 heavy (non-hydrogen) atoms. The Balaban J connectivity index is 2.31. The molecule has 0 atom stereocenters. The van der Waals surface area contributed by atoms with Gasteiger partial charge in [0.05, 0.1) is 11.4 Å². The summed E-state index contributed by atoms with van der Waals surface area (Å²) in [4.78, 5) is 3.38. The number of aryl methyl sites for hydroxylation is 1. The first-order valence-electron chi connectivity index (χ1n) is 5.85. The molecular weight excluding hydrogens is 240 g/mol. The molecule has 0 fully saturated rings. The summed E-state index contributed by atoms with van der Waals surface area (Å²) in [6.07, 6.45) is 2.08. The lowest BCUT2D eigenvalue weighted by Gasteiger charge is -2.21. The molecule has 3 heteroatoms. The molecule has 94 valence electrons. The number of nitrogens with two attached hydrogens (primary N) is 1. The van der Waals surface area contributed by atoms with E-state index in [9.17, 15) is 0 Å². The average molecular weight is 258 g/mol. The Bertz CT molecular complexity index is 535. The largest absolute Gasteiger partial charge is 0.397 e. The Labute approximate surface area is 113 Å². The number of hydrogen-bond donors (Lipinski definition) is 1. The van der Waals surface area contributed by atoms with Crippen LogP contribution in [0.5, 0.6) is 0 Å². The normalized spacial score (nSPS) is 10.4. The van der Waals surface area contributed by atoms with Gasteiger partial charge < -0.3 is 10.6 Å². The van der Waals surface area contributed by atoms with Crippen molar-refractivity contribution >= 4 is 28.8 Å². The summed E-state index contributed by atoms with van der Waals surface area (Å²) in [5, 5.41) is 0. The van der Waals surface area contributed by atoms with Gasteiger partial charge in [0.15, 0.2) is 0 Å². The minimum atomic E-state index is 0.812. The molecule has 0 bridgehead atoms. The second-order valence-electron chi connectivity index (χ2n) is 4.32. The lowest BCUT2D eigenvalue weighted by molar-refractivity contribution is 1.20. The SMILES string of the molecule is CSc1ccc(N(C)c2ccc(C)cc2N)cc1. The van der Waals surface area contributed by atoms with Crippen LogP contribution in [0.25, 0.3) is 0 Å². The Morgan fingerprint density at radius 3 is 2.28 bits per heavy atom. The van der Waals surface area contributed by atoms with E-state index in [4.69, 9.17) is 5.73 Å². The molecular formula is C15H18N2S. The quantitative estimate of drug-likeness (QED) is 0.665. The van der Waals surface area contributed by atoms with Crippen LogP contribution in [0.2, 0.25) is 0 Å². The number of nitrogens with zero attached hydrogens (tertiary/aromatic N) is 1. The lowest BCUT2D eigenvalue weighted by atomic mass is 10.1. The zero-order valence-corrected chi connectivity index (χ0v) is 11.8. The zero-order valence-electron chi connectivity index (χ0n) is 11.0. The number of nitrogen functional groups attached to an aromatic ring is 1. The van der Waals surface area contributed by atoms with Gasteiger partial charge in [-0.25, -0.2) is 0 Å². The maximum atomic E-state index is 6.07. The minimum absolute atomic E-state index is 0.812. The van der Waals surface area contributed by atoms with Gasteiger partial charge in [-0.3, -0.25) is 0 Å². The van der Waals surface area contributed by atoms with Crippen molar-refractivity contribution in [3.8, 4) is 0 Å². The molecule has 0 aromatic heterocycles. The van der Waals surface area contributed by atoms with Crippen LogP contribution in [0.3, 0.4) is 0 Å². The monoisotopic (exact) mass is 258 g/mol. The fraction of sp³-hybridized carbons (Fsp3) is 0.200. The number of anilines is 3. The van der Waals surface area contributed by atoms with Crippen molar-refractivity contribution in [3.63, 3.8) is 0 Å². The molecule has 0 spiro atoms. The molecule has 2 rings (SSSR count). The molecule has 0 amide bonds. The first-order chi connectivity index (χ1) is 8.61. The highest BCUT2D eigenvalue weighted by molar-refractivity contribution is 7.98. The minimum Gasteiger partial charge on any atom is -0.397 e. The molecule has 0 aliphatic carbocycles. The number of thioether (sulfide) groups is 1. The van der Waals surface area contributed by atoms with E-state index in [1.807, 2.05) is 20.0 Å². The smallest absolute Gasteiger partial charge is 0.0641 e. The third-order valence-electron chi connectivity index (χ3n) is 3.00. The molecule has 0 saturated heterocycles. The van der Waals surface area contributed by atoms with E-state index in [1.54, 1.807) is 11.8 Å². The maximum Gasteiger partial charge on any atom is 0.0641 e. The highest BCUT2D eigenvalue weighted by Crippen LogP contribution is 2.30. The van der Waals surface area contributed by atoms with Crippen molar-refractivity contribution in [1.82, 2.24) is 0 Å². The van der Waals surface area contributed by atoms with Gasteiger partial charge >= 0.3 is 0 Å². The Morgan fingerprint density at radius 1 is 1.06 bits per heavy atom. The molecule has 2 aromatic rings. The van der Waals surface area contributed by atoms with E-state index in [0.29, 0.717) is 0 Å². The molecule has 2 N–H and O–H groups in total. The maximum absolute atomic E-state index is 6.07. The predicted molar refractivity (Wildman–Crippen MR) is 81.9 cm³/mol. The Kier molecular flexibility index (Phi) is 3.82. The van der Waals surface area contributed by atoms with Crippen molar-refractivity contribution in [3.05, 3.63) is 48.0 Å². The van der Waals surface area contributed by atoms with Crippen molar-refractivity contribution in [1.29, 1.82) is 0 Å². The predicted octanol–water partition coefficient (Wildman–Crippen LogP) is 4.07.